The maximum absolute atomic E-state index is 13.1. The van der Waals surface area contributed by atoms with Crippen LogP contribution in [0.3, 0.4) is 0 Å². The molecule has 0 aromatic carbocycles. The van der Waals surface area contributed by atoms with Gasteiger partial charge in [-0.25, -0.2) is 8.78 Å². The van der Waals surface area contributed by atoms with Crippen molar-refractivity contribution in [1.82, 2.24) is 14.8 Å². The predicted molar refractivity (Wildman–Crippen MR) is 76.3 cm³/mol. The summed E-state index contributed by atoms with van der Waals surface area (Å²) in [4.78, 5) is 21.5. The summed E-state index contributed by atoms with van der Waals surface area (Å²) in [6.07, 6.45) is 2.28. The molecule has 2 fully saturated rings. The molecule has 1 aromatic rings. The molecule has 0 saturated carbocycles. The van der Waals surface area contributed by atoms with Crippen molar-refractivity contribution in [3.05, 3.63) is 16.6 Å². The molecule has 0 spiro atoms. The first-order valence-electron chi connectivity index (χ1n) is 7.30. The van der Waals surface area contributed by atoms with E-state index < -0.39 is 5.92 Å². The molecule has 0 bridgehead atoms. The molecule has 3 rings (SSSR count). The number of alkyl halides is 2. The molecule has 0 N–H and O–H groups in total. The molecule has 116 valence electrons. The quantitative estimate of drug-likeness (QED) is 0.858. The lowest BCUT2D eigenvalue weighted by Crippen LogP contribution is -2.45. The van der Waals surface area contributed by atoms with Crippen LogP contribution in [0.15, 0.2) is 11.7 Å². The Labute approximate surface area is 126 Å². The van der Waals surface area contributed by atoms with E-state index in [1.165, 1.54) is 4.88 Å². The predicted octanol–water partition coefficient (Wildman–Crippen LogP) is 2.22. The molecule has 1 atom stereocenters. The Bertz CT molecular complexity index is 484. The summed E-state index contributed by atoms with van der Waals surface area (Å²) in [7, 11) is 0. The molecule has 1 aromatic heterocycles. The minimum Gasteiger partial charge on any atom is -0.342 e. The number of piperidine rings is 1. The highest BCUT2D eigenvalue weighted by Gasteiger charge is 2.38. The zero-order valence-corrected chi connectivity index (χ0v) is 12.6. The molecular formula is C14H19F2N3OS. The monoisotopic (exact) mass is 315 g/mol. The normalized spacial score (nSPS) is 26.2. The zero-order valence-electron chi connectivity index (χ0n) is 11.8. The molecule has 7 heteroatoms. The highest BCUT2D eigenvalue weighted by molar-refractivity contribution is 7.09. The van der Waals surface area contributed by atoms with Crippen LogP contribution in [0, 0.1) is 5.92 Å². The summed E-state index contributed by atoms with van der Waals surface area (Å²) in [5, 5.41) is 0. The number of rotatable bonds is 3. The fourth-order valence-electron chi connectivity index (χ4n) is 3.03. The van der Waals surface area contributed by atoms with Crippen LogP contribution in [0.5, 0.6) is 0 Å². The number of likely N-dealkylation sites (tertiary alicyclic amines) is 2. The number of carbonyl (C=O) groups is 1. The van der Waals surface area contributed by atoms with Crippen LogP contribution in [-0.4, -0.2) is 52.8 Å². The van der Waals surface area contributed by atoms with Gasteiger partial charge in [0.1, 0.15) is 0 Å². The van der Waals surface area contributed by atoms with Crippen molar-refractivity contribution in [3.63, 3.8) is 0 Å². The van der Waals surface area contributed by atoms with Crippen molar-refractivity contribution < 1.29 is 13.6 Å². The third-order valence-electron chi connectivity index (χ3n) is 4.29. The van der Waals surface area contributed by atoms with Crippen LogP contribution in [0.4, 0.5) is 8.78 Å². The SMILES string of the molecule is O=C(C1CCN(Cc2cncs2)C1)N1CCC(F)(F)CC1. The number of hydrogen-bond acceptors (Lipinski definition) is 4. The Morgan fingerprint density at radius 1 is 1.38 bits per heavy atom. The standard InChI is InChI=1S/C14H19F2N3OS/c15-14(16)2-5-19(6-3-14)13(20)11-1-4-18(8-11)9-12-7-17-10-21-12/h7,10-11H,1-6,8-9H2. The lowest BCUT2D eigenvalue weighted by Gasteiger charge is -2.33. The van der Waals surface area contributed by atoms with Crippen LogP contribution in [-0.2, 0) is 11.3 Å². The average Bonchev–Trinajstić information content (AvgIpc) is 3.10. The number of halogens is 2. The summed E-state index contributed by atoms with van der Waals surface area (Å²) >= 11 is 1.62. The van der Waals surface area contributed by atoms with E-state index in [9.17, 15) is 13.6 Å². The number of carbonyl (C=O) groups excluding carboxylic acids is 1. The van der Waals surface area contributed by atoms with Gasteiger partial charge < -0.3 is 4.90 Å². The maximum atomic E-state index is 13.1. The molecule has 4 nitrogen and oxygen atoms in total. The largest absolute Gasteiger partial charge is 0.342 e. The Hall–Kier alpha value is -1.08. The zero-order chi connectivity index (χ0) is 14.9. The smallest absolute Gasteiger partial charge is 0.251 e. The lowest BCUT2D eigenvalue weighted by molar-refractivity contribution is -0.141. The number of aromatic nitrogens is 1. The van der Waals surface area contributed by atoms with Gasteiger partial charge >= 0.3 is 0 Å². The topological polar surface area (TPSA) is 36.4 Å². The Morgan fingerprint density at radius 3 is 2.81 bits per heavy atom. The fourth-order valence-corrected chi connectivity index (χ4v) is 3.67. The number of hydrogen-bond donors (Lipinski definition) is 0. The first kappa shape index (κ1) is 14.8. The fraction of sp³-hybridized carbons (Fsp3) is 0.714. The van der Waals surface area contributed by atoms with Crippen molar-refractivity contribution >= 4 is 17.2 Å². The first-order chi connectivity index (χ1) is 10.0. The lowest BCUT2D eigenvalue weighted by atomic mass is 10.0. The van der Waals surface area contributed by atoms with Gasteiger partial charge in [0.15, 0.2) is 0 Å². The second-order valence-corrected chi connectivity index (χ2v) is 6.84. The summed E-state index contributed by atoms with van der Waals surface area (Å²) in [5.41, 5.74) is 1.81. The molecule has 0 radical (unpaired) electrons. The van der Waals surface area contributed by atoms with Crippen molar-refractivity contribution in [2.45, 2.75) is 31.7 Å². The van der Waals surface area contributed by atoms with Gasteiger partial charge in [-0.05, 0) is 13.0 Å². The van der Waals surface area contributed by atoms with E-state index in [1.54, 1.807) is 16.2 Å². The summed E-state index contributed by atoms with van der Waals surface area (Å²) < 4.78 is 26.3. The van der Waals surface area contributed by atoms with Crippen molar-refractivity contribution in [2.24, 2.45) is 5.92 Å². The highest BCUT2D eigenvalue weighted by Crippen LogP contribution is 2.29. The van der Waals surface area contributed by atoms with E-state index in [0.717, 1.165) is 26.1 Å². The van der Waals surface area contributed by atoms with Gasteiger partial charge in [-0.15, -0.1) is 11.3 Å². The van der Waals surface area contributed by atoms with Gasteiger partial charge in [-0.3, -0.25) is 14.7 Å². The molecule has 21 heavy (non-hydrogen) atoms. The molecule has 2 aliphatic heterocycles. The van der Waals surface area contributed by atoms with Crippen LogP contribution >= 0.6 is 11.3 Å². The third-order valence-corrected chi connectivity index (χ3v) is 5.06. The van der Waals surface area contributed by atoms with Gasteiger partial charge in [0.2, 0.25) is 5.91 Å². The number of thiazole rings is 1. The highest BCUT2D eigenvalue weighted by atomic mass is 32.1. The van der Waals surface area contributed by atoms with Crippen molar-refractivity contribution in [2.75, 3.05) is 26.2 Å². The minimum atomic E-state index is -2.59. The first-order valence-corrected chi connectivity index (χ1v) is 8.18. The van der Waals surface area contributed by atoms with Gasteiger partial charge in [-0.1, -0.05) is 0 Å². The number of amides is 1. The van der Waals surface area contributed by atoms with E-state index in [4.69, 9.17) is 0 Å². The average molecular weight is 315 g/mol. The van der Waals surface area contributed by atoms with Crippen LogP contribution < -0.4 is 0 Å². The van der Waals surface area contributed by atoms with Gasteiger partial charge in [0, 0.05) is 50.1 Å². The second kappa shape index (κ2) is 5.96. The molecule has 1 unspecified atom stereocenters. The molecule has 3 heterocycles. The van der Waals surface area contributed by atoms with Gasteiger partial charge in [0.25, 0.3) is 5.92 Å². The van der Waals surface area contributed by atoms with E-state index in [0.29, 0.717) is 0 Å². The third kappa shape index (κ3) is 3.58. The summed E-state index contributed by atoms with van der Waals surface area (Å²) in [6.45, 7) is 2.82. The van der Waals surface area contributed by atoms with E-state index in [-0.39, 0.29) is 37.8 Å². The Kier molecular flexibility index (Phi) is 4.21. The Morgan fingerprint density at radius 2 is 2.14 bits per heavy atom. The van der Waals surface area contributed by atoms with E-state index in [2.05, 4.69) is 9.88 Å². The summed E-state index contributed by atoms with van der Waals surface area (Å²) in [6, 6.07) is 0. The minimum absolute atomic E-state index is 0.0374. The maximum Gasteiger partial charge on any atom is 0.251 e. The van der Waals surface area contributed by atoms with Crippen LogP contribution in [0.1, 0.15) is 24.1 Å². The molecule has 1 amide bonds. The van der Waals surface area contributed by atoms with Crippen LogP contribution in [0.25, 0.3) is 0 Å². The number of nitrogens with zero attached hydrogens (tertiary/aromatic N) is 3. The summed E-state index contributed by atoms with van der Waals surface area (Å²) in [5.74, 6) is -2.58. The molecule has 2 aliphatic rings. The Balaban J connectivity index is 1.50. The van der Waals surface area contributed by atoms with E-state index >= 15 is 0 Å². The van der Waals surface area contributed by atoms with Gasteiger partial charge in [-0.2, -0.15) is 0 Å². The van der Waals surface area contributed by atoms with Crippen molar-refractivity contribution in [1.29, 1.82) is 0 Å². The van der Waals surface area contributed by atoms with Crippen LogP contribution in [0.2, 0.25) is 0 Å². The molecular weight excluding hydrogens is 296 g/mol. The van der Waals surface area contributed by atoms with Gasteiger partial charge in [0.05, 0.1) is 11.4 Å². The molecule has 0 aliphatic carbocycles. The van der Waals surface area contributed by atoms with E-state index in [1.807, 2.05) is 11.7 Å². The second-order valence-electron chi connectivity index (χ2n) is 5.87. The molecule has 2 saturated heterocycles. The van der Waals surface area contributed by atoms with Crippen molar-refractivity contribution in [3.8, 4) is 0 Å².